The molecule has 0 aliphatic carbocycles. The number of rotatable bonds is 6. The molecule has 0 saturated heterocycles. The number of anilines is 1. The van der Waals surface area contributed by atoms with E-state index in [0.29, 0.717) is 12.4 Å². The van der Waals surface area contributed by atoms with E-state index in [2.05, 4.69) is 27.3 Å². The van der Waals surface area contributed by atoms with E-state index in [1.165, 1.54) is 0 Å². The summed E-state index contributed by atoms with van der Waals surface area (Å²) < 4.78 is 7.46. The second-order valence-corrected chi connectivity index (χ2v) is 4.50. The minimum atomic E-state index is -0.0799. The van der Waals surface area contributed by atoms with Crippen LogP contribution >= 0.6 is 0 Å². The first-order valence-corrected chi connectivity index (χ1v) is 6.85. The van der Waals surface area contributed by atoms with Gasteiger partial charge in [0.25, 0.3) is 0 Å². The maximum Gasteiger partial charge on any atom is 0.160 e. The van der Waals surface area contributed by atoms with Crippen molar-refractivity contribution in [3.8, 4) is 11.3 Å². The molecule has 2 rings (SSSR count). The van der Waals surface area contributed by atoms with E-state index in [9.17, 15) is 0 Å². The fourth-order valence-corrected chi connectivity index (χ4v) is 2.02. The molecule has 1 atom stereocenters. The lowest BCUT2D eigenvalue weighted by atomic mass is 10.2. The second-order valence-electron chi connectivity index (χ2n) is 4.50. The van der Waals surface area contributed by atoms with Gasteiger partial charge in [0.05, 0.1) is 11.9 Å². The molecule has 0 radical (unpaired) electrons. The second kappa shape index (κ2) is 6.47. The van der Waals surface area contributed by atoms with Crippen LogP contribution in [0.4, 0.5) is 5.82 Å². The highest BCUT2D eigenvalue weighted by atomic mass is 16.5. The Morgan fingerprint density at radius 2 is 2.15 bits per heavy atom. The Bertz CT molecular complexity index is 566. The summed E-state index contributed by atoms with van der Waals surface area (Å²) in [6.45, 7) is 4.69. The lowest BCUT2D eigenvalue weighted by molar-refractivity contribution is 0.0536. The van der Waals surface area contributed by atoms with E-state index >= 15 is 0 Å². The lowest BCUT2D eigenvalue weighted by Gasteiger charge is -2.15. The molecule has 2 aromatic rings. The normalized spacial score (nSPS) is 12.4. The van der Waals surface area contributed by atoms with E-state index in [1.807, 2.05) is 33.3 Å². The van der Waals surface area contributed by atoms with Gasteiger partial charge >= 0.3 is 0 Å². The molecule has 6 heteroatoms. The van der Waals surface area contributed by atoms with Crippen molar-refractivity contribution in [2.24, 2.45) is 7.05 Å². The first-order chi connectivity index (χ1) is 9.67. The van der Waals surface area contributed by atoms with Crippen LogP contribution in [0, 0.1) is 0 Å². The van der Waals surface area contributed by atoms with Crippen molar-refractivity contribution < 1.29 is 4.74 Å². The van der Waals surface area contributed by atoms with Gasteiger partial charge in [0.2, 0.25) is 0 Å². The van der Waals surface area contributed by atoms with Gasteiger partial charge in [0.1, 0.15) is 11.9 Å². The lowest BCUT2D eigenvalue weighted by Crippen LogP contribution is -2.10. The van der Waals surface area contributed by atoms with Crippen molar-refractivity contribution in [2.45, 2.75) is 26.4 Å². The van der Waals surface area contributed by atoms with E-state index in [0.717, 1.165) is 23.5 Å². The summed E-state index contributed by atoms with van der Waals surface area (Å²) in [6.07, 6.45) is 4.50. The maximum atomic E-state index is 5.70. The zero-order chi connectivity index (χ0) is 14.5. The summed E-state index contributed by atoms with van der Waals surface area (Å²) in [5.41, 5.74) is 1.82. The number of aryl methyl sites for hydroxylation is 1. The Morgan fingerprint density at radius 1 is 1.35 bits per heavy atom. The minimum absolute atomic E-state index is 0.0799. The highest BCUT2D eigenvalue weighted by molar-refractivity contribution is 5.60. The van der Waals surface area contributed by atoms with Crippen LogP contribution in [-0.2, 0) is 11.8 Å². The average molecular weight is 275 g/mol. The molecule has 0 saturated carbocycles. The summed E-state index contributed by atoms with van der Waals surface area (Å²) in [5.74, 6) is 1.49. The Balaban J connectivity index is 2.42. The summed E-state index contributed by atoms with van der Waals surface area (Å²) in [4.78, 5) is 9.12. The largest absolute Gasteiger partial charge is 0.373 e. The quantitative estimate of drug-likeness (QED) is 0.877. The fourth-order valence-electron chi connectivity index (χ4n) is 2.02. The van der Waals surface area contributed by atoms with Crippen molar-refractivity contribution in [1.82, 2.24) is 19.7 Å². The van der Waals surface area contributed by atoms with Gasteiger partial charge in [-0.05, 0) is 13.3 Å². The molecule has 0 bridgehead atoms. The highest BCUT2D eigenvalue weighted by Gasteiger charge is 2.15. The van der Waals surface area contributed by atoms with Crippen LogP contribution < -0.4 is 5.32 Å². The number of hydrogen-bond donors (Lipinski definition) is 1. The summed E-state index contributed by atoms with van der Waals surface area (Å²) >= 11 is 0. The average Bonchev–Trinajstić information content (AvgIpc) is 2.90. The zero-order valence-electron chi connectivity index (χ0n) is 12.4. The third-order valence-electron chi connectivity index (χ3n) is 3.03. The van der Waals surface area contributed by atoms with Crippen molar-refractivity contribution in [1.29, 1.82) is 0 Å². The SMILES string of the molecule is CCOC(CC)c1nc(NC)cc(-c2cnn(C)c2)n1. The molecule has 1 unspecified atom stereocenters. The van der Waals surface area contributed by atoms with Gasteiger partial charge in [-0.25, -0.2) is 9.97 Å². The first-order valence-electron chi connectivity index (χ1n) is 6.85. The van der Waals surface area contributed by atoms with Crippen molar-refractivity contribution in [3.05, 3.63) is 24.3 Å². The van der Waals surface area contributed by atoms with Crippen LogP contribution in [0.1, 0.15) is 32.2 Å². The van der Waals surface area contributed by atoms with Gasteiger partial charge in [-0.3, -0.25) is 4.68 Å². The molecule has 108 valence electrons. The number of aromatic nitrogens is 4. The molecule has 6 nitrogen and oxygen atoms in total. The van der Waals surface area contributed by atoms with Gasteiger partial charge in [0, 0.05) is 38.5 Å². The van der Waals surface area contributed by atoms with Crippen molar-refractivity contribution >= 4 is 5.82 Å². The number of ether oxygens (including phenoxy) is 1. The van der Waals surface area contributed by atoms with Gasteiger partial charge < -0.3 is 10.1 Å². The highest BCUT2D eigenvalue weighted by Crippen LogP contribution is 2.24. The van der Waals surface area contributed by atoms with Crippen molar-refractivity contribution in [3.63, 3.8) is 0 Å². The predicted molar refractivity (Wildman–Crippen MR) is 78.4 cm³/mol. The smallest absolute Gasteiger partial charge is 0.160 e. The van der Waals surface area contributed by atoms with Crippen molar-refractivity contribution in [2.75, 3.05) is 19.0 Å². The molecule has 2 aromatic heterocycles. The molecular weight excluding hydrogens is 254 g/mol. The van der Waals surface area contributed by atoms with Gasteiger partial charge in [0.15, 0.2) is 5.82 Å². The topological polar surface area (TPSA) is 64.9 Å². The zero-order valence-corrected chi connectivity index (χ0v) is 12.4. The van der Waals surface area contributed by atoms with Gasteiger partial charge in [-0.2, -0.15) is 5.10 Å². The predicted octanol–water partition coefficient (Wildman–Crippen LogP) is 2.41. The van der Waals surface area contributed by atoms with E-state index < -0.39 is 0 Å². The Hall–Kier alpha value is -1.95. The van der Waals surface area contributed by atoms with Gasteiger partial charge in [-0.1, -0.05) is 6.92 Å². The fraction of sp³-hybridized carbons (Fsp3) is 0.500. The third-order valence-corrected chi connectivity index (χ3v) is 3.03. The van der Waals surface area contributed by atoms with E-state index in [-0.39, 0.29) is 6.10 Å². The molecular formula is C14H21N5O. The Labute approximate surface area is 119 Å². The van der Waals surface area contributed by atoms with Crippen LogP contribution in [-0.4, -0.2) is 33.4 Å². The molecule has 1 N–H and O–H groups in total. The number of nitrogens with zero attached hydrogens (tertiary/aromatic N) is 4. The molecule has 0 amide bonds. The molecule has 0 aromatic carbocycles. The molecule has 0 spiro atoms. The van der Waals surface area contributed by atoms with E-state index in [1.54, 1.807) is 10.9 Å². The first kappa shape index (κ1) is 14.5. The molecule has 2 heterocycles. The van der Waals surface area contributed by atoms with Crippen LogP contribution in [0.3, 0.4) is 0 Å². The molecule has 0 aliphatic heterocycles. The Morgan fingerprint density at radius 3 is 2.70 bits per heavy atom. The monoisotopic (exact) mass is 275 g/mol. The molecule has 0 aliphatic rings. The Kier molecular flexibility index (Phi) is 4.68. The van der Waals surface area contributed by atoms with E-state index in [4.69, 9.17) is 4.74 Å². The summed E-state index contributed by atoms with van der Waals surface area (Å²) in [6, 6.07) is 1.92. The van der Waals surface area contributed by atoms with Crippen LogP contribution in [0.15, 0.2) is 18.5 Å². The van der Waals surface area contributed by atoms with Crippen LogP contribution in [0.25, 0.3) is 11.3 Å². The molecule has 20 heavy (non-hydrogen) atoms. The minimum Gasteiger partial charge on any atom is -0.373 e. The standard InChI is InChI=1S/C14H21N5O/c1-5-12(20-6-2)14-17-11(7-13(15-3)18-14)10-8-16-19(4)9-10/h7-9,12H,5-6H2,1-4H3,(H,15,17,18). The summed E-state index contributed by atoms with van der Waals surface area (Å²) in [7, 11) is 3.74. The van der Waals surface area contributed by atoms with Gasteiger partial charge in [-0.15, -0.1) is 0 Å². The molecule has 0 fully saturated rings. The number of nitrogens with one attached hydrogen (secondary N) is 1. The van der Waals surface area contributed by atoms with Crippen LogP contribution in [0.5, 0.6) is 0 Å². The number of hydrogen-bond acceptors (Lipinski definition) is 5. The summed E-state index contributed by atoms with van der Waals surface area (Å²) in [5, 5.41) is 7.26. The third kappa shape index (κ3) is 3.14. The van der Waals surface area contributed by atoms with Crippen LogP contribution in [0.2, 0.25) is 0 Å². The maximum absolute atomic E-state index is 5.70.